The number of cyclic esters (lactones) is 1. The molecule has 0 saturated carbocycles. The average molecular weight is 544 g/mol. The van der Waals surface area contributed by atoms with Gasteiger partial charge < -0.3 is 34.3 Å². The minimum Gasteiger partial charge on any atom is -0.508 e. The summed E-state index contributed by atoms with van der Waals surface area (Å²) in [5.74, 6) is -1.61. The summed E-state index contributed by atoms with van der Waals surface area (Å²) in [6.45, 7) is 6.65. The standard InChI is InChI=1S/C28H37N3O8/c1-28(2,3)39-27(36)31-13-11-30(12-14-31)24(34)19-38-29-21-10-8-6-4-5-7-9-15-37-26(35)25-20(16-21)17-22(32)18-23(25)33/h5,7-8,10,17-18,32-33H,4,6,9,11-16,19H2,1-3H3/b7-5+,10-8+,29-21+. The molecule has 3 rings (SSSR count). The number of benzene rings is 1. The Morgan fingerprint density at radius 2 is 1.67 bits per heavy atom. The second-order valence-electron chi connectivity index (χ2n) is 10.3. The number of esters is 1. The first kappa shape index (κ1) is 29.5. The van der Waals surface area contributed by atoms with Crippen molar-refractivity contribution in [3.8, 4) is 11.5 Å². The lowest BCUT2D eigenvalue weighted by molar-refractivity contribution is -0.137. The van der Waals surface area contributed by atoms with Gasteiger partial charge in [0, 0.05) is 38.7 Å². The molecule has 2 amide bonds. The van der Waals surface area contributed by atoms with Gasteiger partial charge in [-0.2, -0.15) is 0 Å². The third-order valence-corrected chi connectivity index (χ3v) is 5.91. The van der Waals surface area contributed by atoms with E-state index >= 15 is 0 Å². The molecule has 1 aromatic rings. The molecule has 2 N–H and O–H groups in total. The summed E-state index contributed by atoms with van der Waals surface area (Å²) in [6.07, 6.45) is 9.23. The Kier molecular flexibility index (Phi) is 10.4. The lowest BCUT2D eigenvalue weighted by Crippen LogP contribution is -2.52. The Morgan fingerprint density at radius 1 is 1.00 bits per heavy atom. The van der Waals surface area contributed by atoms with Crippen LogP contribution in [0, 0.1) is 0 Å². The number of fused-ring (bicyclic) bond motifs is 1. The van der Waals surface area contributed by atoms with Gasteiger partial charge >= 0.3 is 12.1 Å². The Morgan fingerprint density at radius 3 is 2.38 bits per heavy atom. The van der Waals surface area contributed by atoms with E-state index in [2.05, 4.69) is 5.16 Å². The molecule has 2 aliphatic rings. The summed E-state index contributed by atoms with van der Waals surface area (Å²) < 4.78 is 10.7. The first-order valence-corrected chi connectivity index (χ1v) is 13.0. The number of aromatic hydroxyl groups is 2. The normalized spacial score (nSPS) is 19.9. The van der Waals surface area contributed by atoms with E-state index in [1.165, 1.54) is 6.07 Å². The quantitative estimate of drug-likeness (QED) is 0.335. The van der Waals surface area contributed by atoms with Crippen LogP contribution in [-0.4, -0.2) is 88.7 Å². The van der Waals surface area contributed by atoms with Crippen LogP contribution in [0.15, 0.2) is 41.6 Å². The topological polar surface area (TPSA) is 138 Å². The van der Waals surface area contributed by atoms with E-state index in [4.69, 9.17) is 14.3 Å². The first-order valence-electron chi connectivity index (χ1n) is 13.0. The fraction of sp³-hybridized carbons (Fsp3) is 0.500. The number of hydrogen-bond donors (Lipinski definition) is 2. The number of rotatable bonds is 3. The average Bonchev–Trinajstić information content (AvgIpc) is 2.85. The predicted octanol–water partition coefficient (Wildman–Crippen LogP) is 3.55. The maximum absolute atomic E-state index is 12.7. The van der Waals surface area contributed by atoms with Crippen LogP contribution in [0.3, 0.4) is 0 Å². The van der Waals surface area contributed by atoms with Crippen molar-refractivity contribution in [2.45, 2.75) is 52.1 Å². The zero-order valence-corrected chi connectivity index (χ0v) is 22.7. The van der Waals surface area contributed by atoms with E-state index in [1.54, 1.807) is 36.6 Å². The number of hydrogen-bond acceptors (Lipinski definition) is 9. The van der Waals surface area contributed by atoms with Gasteiger partial charge in [-0.15, -0.1) is 0 Å². The molecule has 11 heteroatoms. The van der Waals surface area contributed by atoms with Crippen molar-refractivity contribution in [1.29, 1.82) is 0 Å². The summed E-state index contributed by atoms with van der Waals surface area (Å²) >= 11 is 0. The van der Waals surface area contributed by atoms with Crippen LogP contribution in [0.5, 0.6) is 11.5 Å². The summed E-state index contributed by atoms with van der Waals surface area (Å²) in [5, 5.41) is 24.5. The van der Waals surface area contributed by atoms with Crippen molar-refractivity contribution in [2.24, 2.45) is 5.16 Å². The van der Waals surface area contributed by atoms with Gasteiger partial charge in [0.25, 0.3) is 5.91 Å². The monoisotopic (exact) mass is 543 g/mol. The fourth-order valence-corrected chi connectivity index (χ4v) is 4.03. The number of allylic oxidation sites excluding steroid dienone is 3. The molecule has 2 aliphatic heterocycles. The number of carbonyl (C=O) groups is 3. The number of carbonyl (C=O) groups excluding carboxylic acids is 3. The van der Waals surface area contributed by atoms with E-state index in [-0.39, 0.29) is 36.9 Å². The van der Waals surface area contributed by atoms with Crippen LogP contribution in [0.4, 0.5) is 4.79 Å². The van der Waals surface area contributed by atoms with Crippen molar-refractivity contribution in [3.63, 3.8) is 0 Å². The fourth-order valence-electron chi connectivity index (χ4n) is 4.03. The minimum atomic E-state index is -0.710. The molecule has 39 heavy (non-hydrogen) atoms. The lowest BCUT2D eigenvalue weighted by atomic mass is 10.00. The lowest BCUT2D eigenvalue weighted by Gasteiger charge is -2.35. The van der Waals surface area contributed by atoms with Crippen molar-refractivity contribution in [3.05, 3.63) is 47.6 Å². The number of piperazine rings is 1. The number of ether oxygens (including phenoxy) is 2. The van der Waals surface area contributed by atoms with E-state index in [0.29, 0.717) is 43.9 Å². The van der Waals surface area contributed by atoms with Gasteiger partial charge in [-0.1, -0.05) is 23.4 Å². The SMILES string of the molecule is CC(C)(C)OC(=O)N1CCN(C(=O)CO/N=C2\C=C\CC/C=C/CCOC(=O)c3c(O)cc(O)cc3C2)CC1. The minimum absolute atomic E-state index is 0.0431. The van der Waals surface area contributed by atoms with E-state index in [0.717, 1.165) is 18.9 Å². The third-order valence-electron chi connectivity index (χ3n) is 5.91. The highest BCUT2D eigenvalue weighted by molar-refractivity contribution is 6.00. The molecule has 0 spiro atoms. The van der Waals surface area contributed by atoms with Crippen molar-refractivity contribution < 1.29 is 38.9 Å². The van der Waals surface area contributed by atoms with E-state index in [9.17, 15) is 24.6 Å². The highest BCUT2D eigenvalue weighted by atomic mass is 16.6. The molecule has 2 heterocycles. The van der Waals surface area contributed by atoms with Gasteiger partial charge in [0.15, 0.2) is 6.61 Å². The van der Waals surface area contributed by atoms with Gasteiger partial charge in [0.1, 0.15) is 22.7 Å². The summed E-state index contributed by atoms with van der Waals surface area (Å²) in [5.41, 5.74) is 0.0419. The van der Waals surface area contributed by atoms with Gasteiger partial charge in [0.2, 0.25) is 0 Å². The first-order chi connectivity index (χ1) is 18.5. The van der Waals surface area contributed by atoms with Crippen LogP contribution in [0.1, 0.15) is 56.0 Å². The van der Waals surface area contributed by atoms with Gasteiger partial charge in [-0.05, 0) is 57.7 Å². The number of amides is 2. The maximum Gasteiger partial charge on any atom is 0.410 e. The predicted molar refractivity (Wildman–Crippen MR) is 144 cm³/mol. The Hall–Kier alpha value is -4.02. The molecular formula is C28H37N3O8. The maximum atomic E-state index is 12.7. The third kappa shape index (κ3) is 9.35. The van der Waals surface area contributed by atoms with E-state index < -0.39 is 23.4 Å². The van der Waals surface area contributed by atoms with Crippen LogP contribution >= 0.6 is 0 Å². The molecule has 212 valence electrons. The smallest absolute Gasteiger partial charge is 0.410 e. The van der Waals surface area contributed by atoms with Gasteiger partial charge in [-0.25, -0.2) is 9.59 Å². The van der Waals surface area contributed by atoms with Gasteiger partial charge in [0.05, 0.1) is 12.3 Å². The van der Waals surface area contributed by atoms with Crippen molar-refractivity contribution in [2.75, 3.05) is 39.4 Å². The molecule has 1 aromatic carbocycles. The van der Waals surface area contributed by atoms with Crippen LogP contribution < -0.4 is 0 Å². The molecule has 0 aromatic heterocycles. The summed E-state index contributed by atoms with van der Waals surface area (Å²) in [7, 11) is 0. The van der Waals surface area contributed by atoms with Crippen LogP contribution in [0.25, 0.3) is 0 Å². The number of oxime groups is 1. The van der Waals surface area contributed by atoms with E-state index in [1.807, 2.05) is 18.2 Å². The summed E-state index contributed by atoms with van der Waals surface area (Å²) in [4.78, 5) is 46.2. The van der Waals surface area contributed by atoms with Crippen molar-refractivity contribution in [1.82, 2.24) is 9.80 Å². The highest BCUT2D eigenvalue weighted by Crippen LogP contribution is 2.29. The van der Waals surface area contributed by atoms with Crippen LogP contribution in [0.2, 0.25) is 0 Å². The molecule has 11 nitrogen and oxygen atoms in total. The molecule has 1 saturated heterocycles. The molecule has 0 radical (unpaired) electrons. The molecule has 0 atom stereocenters. The molecule has 1 fully saturated rings. The Bertz CT molecular complexity index is 1130. The van der Waals surface area contributed by atoms with Gasteiger partial charge in [-0.3, -0.25) is 4.79 Å². The molecule has 0 aliphatic carbocycles. The Labute approximate surface area is 228 Å². The second-order valence-corrected chi connectivity index (χ2v) is 10.3. The van der Waals surface area contributed by atoms with Crippen molar-refractivity contribution >= 4 is 23.7 Å². The molecule has 0 unspecified atom stereocenters. The summed E-state index contributed by atoms with van der Waals surface area (Å²) in [6, 6.07) is 2.44. The second kappa shape index (κ2) is 13.7. The number of phenols is 2. The zero-order valence-electron chi connectivity index (χ0n) is 22.7. The molecular weight excluding hydrogens is 506 g/mol. The van der Waals surface area contributed by atoms with Crippen LogP contribution in [-0.2, 0) is 25.5 Å². The highest BCUT2D eigenvalue weighted by Gasteiger charge is 2.28. The largest absolute Gasteiger partial charge is 0.508 e. The number of nitrogens with zero attached hydrogens (tertiary/aromatic N) is 3. The Balaban J connectivity index is 1.67. The molecule has 0 bridgehead atoms. The number of phenolic OH excluding ortho intramolecular Hbond substituents is 2. The zero-order chi connectivity index (χ0) is 28.4.